The van der Waals surface area contributed by atoms with Gasteiger partial charge in [-0.15, -0.1) is 0 Å². The van der Waals surface area contributed by atoms with E-state index in [1.807, 2.05) is 55.5 Å². The number of benzene rings is 2. The van der Waals surface area contributed by atoms with Crippen molar-refractivity contribution < 1.29 is 23.5 Å². The smallest absolute Gasteiger partial charge is 0.264 e. The van der Waals surface area contributed by atoms with Crippen molar-refractivity contribution in [3.05, 3.63) is 59.7 Å². The number of halogens is 1. The lowest BCUT2D eigenvalue weighted by molar-refractivity contribution is -0.146. The van der Waals surface area contributed by atoms with Gasteiger partial charge in [0.15, 0.2) is 5.60 Å². The Balaban J connectivity index is 1.52. The van der Waals surface area contributed by atoms with Gasteiger partial charge in [-0.1, -0.05) is 37.3 Å². The maximum absolute atomic E-state index is 15.5. The van der Waals surface area contributed by atoms with Gasteiger partial charge in [-0.2, -0.15) is 0 Å². The van der Waals surface area contributed by atoms with Crippen LogP contribution < -0.4 is 9.80 Å². The van der Waals surface area contributed by atoms with Gasteiger partial charge in [0.25, 0.3) is 5.91 Å². The number of hydrogen-bond acceptors (Lipinski definition) is 4. The minimum absolute atomic E-state index is 0.115. The van der Waals surface area contributed by atoms with E-state index in [1.165, 1.54) is 0 Å². The second-order valence-electron chi connectivity index (χ2n) is 10.5. The number of para-hydroxylation sites is 1. The highest BCUT2D eigenvalue weighted by molar-refractivity contribution is 6.72. The molecule has 0 aliphatic carbocycles. The van der Waals surface area contributed by atoms with Gasteiger partial charge < -0.3 is 23.8 Å². The largest absolute Gasteiger partial charge is 0.396 e. The molecular formula is C27H33FN2O4Si. The van der Waals surface area contributed by atoms with Gasteiger partial charge in [-0.3, -0.25) is 9.59 Å². The van der Waals surface area contributed by atoms with Crippen molar-refractivity contribution in [3.8, 4) is 0 Å². The number of aliphatic hydroxyl groups excluding tert-OH is 1. The molecule has 5 rings (SSSR count). The number of rotatable bonds is 6. The molecule has 2 saturated heterocycles. The predicted molar refractivity (Wildman–Crippen MR) is 135 cm³/mol. The van der Waals surface area contributed by atoms with Crippen molar-refractivity contribution in [3.63, 3.8) is 0 Å². The molecule has 3 heterocycles. The number of carbonyl (C=O) groups is 2. The lowest BCUT2D eigenvalue weighted by Gasteiger charge is -2.31. The van der Waals surface area contributed by atoms with Crippen LogP contribution in [0, 0.1) is 5.92 Å². The quantitative estimate of drug-likeness (QED) is 0.472. The molecule has 3 aliphatic rings. The molecule has 1 spiro atoms. The summed E-state index contributed by atoms with van der Waals surface area (Å²) in [6, 6.07) is 15.4. The van der Waals surface area contributed by atoms with Crippen LogP contribution in [0.5, 0.6) is 0 Å². The highest BCUT2D eigenvalue weighted by Gasteiger charge is 2.66. The van der Waals surface area contributed by atoms with Gasteiger partial charge in [0.1, 0.15) is 0 Å². The highest BCUT2D eigenvalue weighted by atomic mass is 28.4. The first kappa shape index (κ1) is 24.2. The van der Waals surface area contributed by atoms with Gasteiger partial charge in [0.2, 0.25) is 14.3 Å². The molecule has 35 heavy (non-hydrogen) atoms. The van der Waals surface area contributed by atoms with E-state index in [4.69, 9.17) is 4.74 Å². The van der Waals surface area contributed by atoms with E-state index in [0.717, 1.165) is 28.9 Å². The lowest BCUT2D eigenvalue weighted by atomic mass is 9.82. The molecule has 2 fully saturated rings. The molecule has 2 aromatic rings. The molecule has 186 valence electrons. The van der Waals surface area contributed by atoms with Crippen LogP contribution in [0.4, 0.5) is 15.5 Å². The number of nitrogens with zero attached hydrogens (tertiary/aromatic N) is 2. The Morgan fingerprint density at radius 2 is 1.94 bits per heavy atom. The number of anilines is 2. The topological polar surface area (TPSA) is 70.1 Å². The molecule has 1 N–H and O–H groups in total. The summed E-state index contributed by atoms with van der Waals surface area (Å²) >= 11 is 0. The van der Waals surface area contributed by atoms with Crippen LogP contribution in [0.3, 0.4) is 0 Å². The van der Waals surface area contributed by atoms with Crippen LogP contribution in [-0.2, 0) is 26.5 Å². The SMILES string of the molecule is C[C@H]1[C@H]([Si](C)(C)F)[C@@H](CCO)O[C@]12C(=O)N(Cc1cccc(N3CCCC3=O)c1)c1ccccc12. The number of carbonyl (C=O) groups excluding carboxylic acids is 2. The van der Waals surface area contributed by atoms with Crippen LogP contribution in [0.1, 0.15) is 37.3 Å². The molecule has 0 radical (unpaired) electrons. The number of hydrogen-bond donors (Lipinski definition) is 1. The number of amides is 2. The minimum atomic E-state index is -3.20. The molecule has 0 aromatic heterocycles. The third kappa shape index (κ3) is 3.82. The molecule has 4 atom stereocenters. The van der Waals surface area contributed by atoms with Crippen LogP contribution in [0.15, 0.2) is 48.5 Å². The van der Waals surface area contributed by atoms with Crippen LogP contribution in [0.2, 0.25) is 18.6 Å². The number of aliphatic hydroxyl groups is 1. The second kappa shape index (κ2) is 8.83. The van der Waals surface area contributed by atoms with Crippen molar-refractivity contribution in [1.82, 2.24) is 0 Å². The standard InChI is InChI=1S/C27H33FN2O4Si/c1-18-25(35(2,3)28)23(13-15-31)34-27(18)21-10-4-5-11-22(21)30(26(27)33)17-19-8-6-9-20(16-19)29-14-7-12-24(29)32/h4-6,8-11,16,18,23,25,31H,7,12-15,17H2,1-3H3/t18-,23+,25-,27+/m0/s1. The molecule has 8 heteroatoms. The first-order valence-electron chi connectivity index (χ1n) is 12.5. The van der Waals surface area contributed by atoms with Crippen LogP contribution in [-0.4, -0.2) is 44.6 Å². The van der Waals surface area contributed by atoms with Crippen molar-refractivity contribution in [2.75, 3.05) is 23.0 Å². The summed E-state index contributed by atoms with van der Waals surface area (Å²) in [4.78, 5) is 30.0. The van der Waals surface area contributed by atoms with E-state index in [-0.39, 0.29) is 24.3 Å². The first-order chi connectivity index (χ1) is 16.7. The summed E-state index contributed by atoms with van der Waals surface area (Å²) in [6.45, 7) is 6.17. The fourth-order valence-electron chi connectivity index (χ4n) is 6.48. The fourth-order valence-corrected chi connectivity index (χ4v) is 9.02. The van der Waals surface area contributed by atoms with E-state index in [1.54, 1.807) is 22.9 Å². The zero-order valence-corrected chi connectivity index (χ0v) is 21.5. The molecule has 3 aliphatic heterocycles. The normalized spacial score (nSPS) is 28.4. The van der Waals surface area contributed by atoms with Crippen molar-refractivity contribution in [1.29, 1.82) is 0 Å². The Morgan fingerprint density at radius 3 is 2.63 bits per heavy atom. The summed E-state index contributed by atoms with van der Waals surface area (Å²) in [5.74, 6) is -0.425. The van der Waals surface area contributed by atoms with Crippen molar-refractivity contribution in [2.24, 2.45) is 5.92 Å². The molecule has 0 unspecified atom stereocenters. The van der Waals surface area contributed by atoms with Gasteiger partial charge in [0.05, 0.1) is 18.3 Å². The van der Waals surface area contributed by atoms with E-state index in [0.29, 0.717) is 25.9 Å². The van der Waals surface area contributed by atoms with Gasteiger partial charge >= 0.3 is 0 Å². The van der Waals surface area contributed by atoms with Crippen LogP contribution >= 0.6 is 0 Å². The predicted octanol–water partition coefficient (Wildman–Crippen LogP) is 4.52. The molecular weight excluding hydrogens is 463 g/mol. The van der Waals surface area contributed by atoms with Gasteiger partial charge in [-0.05, 0) is 49.7 Å². The minimum Gasteiger partial charge on any atom is -0.396 e. The Hall–Kier alpha value is -2.55. The Bertz CT molecular complexity index is 1150. The lowest BCUT2D eigenvalue weighted by Crippen LogP contribution is -2.45. The fraction of sp³-hybridized carbons (Fsp3) is 0.481. The van der Waals surface area contributed by atoms with Gasteiger partial charge in [0, 0.05) is 42.3 Å². The van der Waals surface area contributed by atoms with Crippen molar-refractivity contribution in [2.45, 2.75) is 63.1 Å². The van der Waals surface area contributed by atoms with E-state index >= 15 is 4.11 Å². The zero-order valence-electron chi connectivity index (χ0n) is 20.5. The summed E-state index contributed by atoms with van der Waals surface area (Å²) in [5.41, 5.74) is 1.63. The average molecular weight is 497 g/mol. The Morgan fingerprint density at radius 1 is 1.17 bits per heavy atom. The monoisotopic (exact) mass is 496 g/mol. The van der Waals surface area contributed by atoms with Crippen LogP contribution in [0.25, 0.3) is 0 Å². The summed E-state index contributed by atoms with van der Waals surface area (Å²) in [6.07, 6.45) is 1.20. The summed E-state index contributed by atoms with van der Waals surface area (Å²) in [5, 5.41) is 9.66. The third-order valence-corrected chi connectivity index (χ3v) is 10.4. The summed E-state index contributed by atoms with van der Waals surface area (Å²) < 4.78 is 22.1. The highest BCUT2D eigenvalue weighted by Crippen LogP contribution is 2.60. The Kier molecular flexibility index (Phi) is 6.10. The first-order valence-corrected chi connectivity index (χ1v) is 15.4. The second-order valence-corrected chi connectivity index (χ2v) is 14.3. The third-order valence-electron chi connectivity index (χ3n) is 7.92. The van der Waals surface area contributed by atoms with Gasteiger partial charge in [-0.25, -0.2) is 0 Å². The molecule has 0 bridgehead atoms. The van der Waals surface area contributed by atoms with E-state index in [9.17, 15) is 14.7 Å². The molecule has 6 nitrogen and oxygen atoms in total. The Labute approximate surface area is 206 Å². The maximum Gasteiger partial charge on any atom is 0.264 e. The summed E-state index contributed by atoms with van der Waals surface area (Å²) in [7, 11) is -3.20. The average Bonchev–Trinajstić information content (AvgIpc) is 3.44. The number of ether oxygens (including phenoxy) is 1. The zero-order chi connectivity index (χ0) is 25.0. The van der Waals surface area contributed by atoms with Crippen molar-refractivity contribution >= 4 is 31.6 Å². The molecule has 2 aromatic carbocycles. The molecule has 0 saturated carbocycles. The number of fused-ring (bicyclic) bond motifs is 2. The van der Waals surface area contributed by atoms with E-state index in [2.05, 4.69) is 0 Å². The maximum atomic E-state index is 15.5. The van der Waals surface area contributed by atoms with E-state index < -0.39 is 25.7 Å². The molecule has 2 amide bonds.